The first-order chi connectivity index (χ1) is 18.0. The molecule has 40 heavy (non-hydrogen) atoms. The van der Waals surface area contributed by atoms with Gasteiger partial charge in [-0.15, -0.1) is 12.1 Å². The van der Waals surface area contributed by atoms with E-state index >= 15 is 0 Å². The van der Waals surface area contributed by atoms with Crippen molar-refractivity contribution in [2.75, 3.05) is 0 Å². The first kappa shape index (κ1) is 33.6. The van der Waals surface area contributed by atoms with Gasteiger partial charge in [0, 0.05) is 34.1 Å². The Bertz CT molecular complexity index is 1420. The summed E-state index contributed by atoms with van der Waals surface area (Å²) in [6, 6.07) is 26.0. The van der Waals surface area contributed by atoms with E-state index in [2.05, 4.69) is 142 Å². The predicted octanol–water partition coefficient (Wildman–Crippen LogP) is 11.0. The van der Waals surface area contributed by atoms with Gasteiger partial charge in [0.2, 0.25) is 0 Å². The molecule has 0 saturated carbocycles. The summed E-state index contributed by atoms with van der Waals surface area (Å²) in [7, 11) is 0. The Kier molecular flexibility index (Phi) is 11.6. The zero-order valence-corrected chi connectivity index (χ0v) is 27.8. The van der Waals surface area contributed by atoms with Crippen LogP contribution in [0.25, 0.3) is 32.7 Å². The maximum Gasteiger partial charge on any atom is 0 e. The molecule has 0 amide bonds. The Hall–Kier alpha value is -2.60. The zero-order valence-electron chi connectivity index (χ0n) is 25.6. The number of benzene rings is 2. The van der Waals surface area contributed by atoms with Gasteiger partial charge in [-0.2, -0.15) is 79.9 Å². The molecular formula is C38H42Fe2-8. The molecule has 0 nitrogen and oxygen atoms in total. The molecule has 6 aromatic carbocycles. The third-order valence-corrected chi connectivity index (χ3v) is 9.28. The average molecular weight is 610 g/mol. The van der Waals surface area contributed by atoms with Crippen molar-refractivity contribution in [1.29, 1.82) is 0 Å². The fourth-order valence-corrected chi connectivity index (χ4v) is 5.58. The van der Waals surface area contributed by atoms with E-state index in [-0.39, 0.29) is 34.1 Å². The fourth-order valence-electron chi connectivity index (χ4n) is 5.58. The minimum Gasteiger partial charge on any atom is -0.483 e. The Morgan fingerprint density at radius 2 is 1.00 bits per heavy atom. The van der Waals surface area contributed by atoms with E-state index in [0.29, 0.717) is 0 Å². The first-order valence-corrected chi connectivity index (χ1v) is 13.7. The number of hydrogen-bond donors (Lipinski definition) is 0. The first-order valence-electron chi connectivity index (χ1n) is 13.7. The third kappa shape index (κ3) is 6.32. The maximum absolute atomic E-state index is 2.23. The van der Waals surface area contributed by atoms with Crippen molar-refractivity contribution in [3.8, 4) is 11.1 Å². The van der Waals surface area contributed by atoms with Crippen molar-refractivity contribution in [2.45, 2.75) is 69.2 Å². The van der Waals surface area contributed by atoms with E-state index in [9.17, 15) is 0 Å². The van der Waals surface area contributed by atoms with Crippen molar-refractivity contribution in [3.63, 3.8) is 0 Å². The van der Waals surface area contributed by atoms with Crippen LogP contribution in [0, 0.1) is 69.2 Å². The van der Waals surface area contributed by atoms with Crippen molar-refractivity contribution >= 4 is 21.5 Å². The van der Waals surface area contributed by atoms with Crippen LogP contribution in [0.4, 0.5) is 0 Å². The van der Waals surface area contributed by atoms with Crippen LogP contribution < -0.4 is 0 Å². The average Bonchev–Trinajstić information content (AvgIpc) is 3.64. The molecule has 0 fully saturated rings. The SMILES string of the molecule is Cc1c(C)c(C)[c-](C)c1C.Cc1c(C)c(C)[c-](C)c1C.[Fe].[Fe].c1ccc2c(c1)cc[c-]2-[c-]1[cH-][cH-][c-]2cccc[c-]12. The molecular weight excluding hydrogens is 568 g/mol. The molecule has 0 bridgehead atoms. The molecule has 0 aliphatic carbocycles. The monoisotopic (exact) mass is 610 g/mol. The van der Waals surface area contributed by atoms with Crippen LogP contribution >= 0.6 is 0 Å². The number of rotatable bonds is 1. The Morgan fingerprint density at radius 1 is 0.525 bits per heavy atom. The van der Waals surface area contributed by atoms with Gasteiger partial charge >= 0.3 is 0 Å². The van der Waals surface area contributed by atoms with Gasteiger partial charge in [0.15, 0.2) is 0 Å². The summed E-state index contributed by atoms with van der Waals surface area (Å²) in [6.07, 6.45) is 0. The Morgan fingerprint density at radius 3 is 1.48 bits per heavy atom. The van der Waals surface area contributed by atoms with Crippen LogP contribution in [0.2, 0.25) is 0 Å². The van der Waals surface area contributed by atoms with Crippen molar-refractivity contribution in [1.82, 2.24) is 0 Å². The van der Waals surface area contributed by atoms with E-state index in [1.54, 1.807) is 0 Å². The van der Waals surface area contributed by atoms with Crippen molar-refractivity contribution in [3.05, 3.63) is 128 Å². The molecule has 0 spiro atoms. The molecule has 0 heterocycles. The predicted molar refractivity (Wildman–Crippen MR) is 170 cm³/mol. The summed E-state index contributed by atoms with van der Waals surface area (Å²) in [5.74, 6) is 0. The number of fused-ring (bicyclic) bond motifs is 2. The van der Waals surface area contributed by atoms with E-state index in [0.717, 1.165) is 0 Å². The topological polar surface area (TPSA) is 0 Å². The van der Waals surface area contributed by atoms with E-state index in [1.807, 2.05) is 0 Å². The molecule has 6 rings (SSSR count). The minimum absolute atomic E-state index is 0. The summed E-state index contributed by atoms with van der Waals surface area (Å²) in [5, 5.41) is 5.32. The number of hydrogen-bond acceptors (Lipinski definition) is 0. The molecule has 218 valence electrons. The molecule has 0 unspecified atom stereocenters. The van der Waals surface area contributed by atoms with E-state index in [4.69, 9.17) is 0 Å². The fraction of sp³-hybridized carbons (Fsp3) is 0.263. The Labute approximate surface area is 263 Å². The largest absolute Gasteiger partial charge is 0.483 e. The Balaban J connectivity index is 0.000000222. The second-order valence-electron chi connectivity index (χ2n) is 10.9. The normalized spacial score (nSPS) is 10.3. The zero-order chi connectivity index (χ0) is 27.7. The molecule has 0 radical (unpaired) electrons. The van der Waals surface area contributed by atoms with Gasteiger partial charge in [-0.25, -0.2) is 0 Å². The molecule has 2 heteroatoms. The minimum atomic E-state index is 0. The van der Waals surface area contributed by atoms with Gasteiger partial charge in [0.1, 0.15) is 0 Å². The van der Waals surface area contributed by atoms with Gasteiger partial charge in [-0.05, 0) is 0 Å². The molecule has 6 aromatic rings. The van der Waals surface area contributed by atoms with Gasteiger partial charge < -0.3 is 69.1 Å². The molecule has 0 atom stereocenters. The molecule has 0 aromatic heterocycles. The van der Waals surface area contributed by atoms with Crippen LogP contribution in [0.5, 0.6) is 0 Å². The van der Waals surface area contributed by atoms with Crippen molar-refractivity contribution in [2.24, 2.45) is 0 Å². The molecule has 0 N–H and O–H groups in total. The van der Waals surface area contributed by atoms with Crippen LogP contribution in [-0.2, 0) is 34.1 Å². The van der Waals surface area contributed by atoms with Crippen LogP contribution in [0.15, 0.2) is 72.8 Å². The maximum atomic E-state index is 2.23. The van der Waals surface area contributed by atoms with Crippen LogP contribution in [0.1, 0.15) is 55.6 Å². The van der Waals surface area contributed by atoms with Gasteiger partial charge in [0.05, 0.1) is 0 Å². The van der Waals surface area contributed by atoms with E-state index < -0.39 is 0 Å². The standard InChI is InChI=1S/C18H12.2C10H15.2Fe/c1-3-7-15-13(5-1)9-11-17(15)18-12-10-14-6-2-4-8-16(14)18;2*1-6-7(2)9(4)10(5)8(6)3;;/h1-12H;2*1-5H3;;/q-6;2*-1;;. The summed E-state index contributed by atoms with van der Waals surface area (Å²) >= 11 is 0. The molecule has 0 aliphatic rings. The second-order valence-corrected chi connectivity index (χ2v) is 10.9. The summed E-state index contributed by atoms with van der Waals surface area (Å²) in [4.78, 5) is 0. The van der Waals surface area contributed by atoms with Gasteiger partial charge in [-0.3, -0.25) is 0 Å². The smallest absolute Gasteiger partial charge is 0 e. The van der Waals surface area contributed by atoms with Crippen molar-refractivity contribution < 1.29 is 34.1 Å². The van der Waals surface area contributed by atoms with Gasteiger partial charge in [0.25, 0.3) is 0 Å². The summed E-state index contributed by atoms with van der Waals surface area (Å²) in [5.41, 5.74) is 17.4. The second kappa shape index (κ2) is 13.8. The third-order valence-electron chi connectivity index (χ3n) is 9.28. The van der Waals surface area contributed by atoms with E-state index in [1.165, 1.54) is 88.3 Å². The molecule has 0 saturated heterocycles. The van der Waals surface area contributed by atoms with Crippen LogP contribution in [0.3, 0.4) is 0 Å². The van der Waals surface area contributed by atoms with Crippen LogP contribution in [-0.4, -0.2) is 0 Å². The summed E-state index contributed by atoms with van der Waals surface area (Å²) < 4.78 is 0. The molecule has 0 aliphatic heterocycles. The van der Waals surface area contributed by atoms with Gasteiger partial charge in [-0.1, -0.05) is 69.2 Å². The summed E-state index contributed by atoms with van der Waals surface area (Å²) in [6.45, 7) is 22.0. The quantitative estimate of drug-likeness (QED) is 0.128.